The first-order valence-electron chi connectivity index (χ1n) is 21.5. The van der Waals surface area contributed by atoms with Crippen LogP contribution in [0.15, 0.2) is 124 Å². The van der Waals surface area contributed by atoms with E-state index in [4.69, 9.17) is 52.4 Å². The van der Waals surface area contributed by atoms with Crippen molar-refractivity contribution in [2.24, 2.45) is 4.99 Å². The molecule has 7 rings (SSSR count). The summed E-state index contributed by atoms with van der Waals surface area (Å²) >= 11 is 2.22. The highest BCUT2D eigenvalue weighted by Crippen LogP contribution is 2.42. The molecule has 0 saturated carbocycles. The van der Waals surface area contributed by atoms with Crippen LogP contribution in [0.1, 0.15) is 62.4 Å². The van der Waals surface area contributed by atoms with E-state index in [9.17, 15) is 19.2 Å². The van der Waals surface area contributed by atoms with Gasteiger partial charge in [0.05, 0.1) is 29.5 Å². The Balaban J connectivity index is 1.28. The van der Waals surface area contributed by atoms with E-state index in [0.29, 0.717) is 27.1 Å². The van der Waals surface area contributed by atoms with Crippen LogP contribution in [-0.4, -0.2) is 97.5 Å². The predicted molar refractivity (Wildman–Crippen MR) is 246 cm³/mol. The van der Waals surface area contributed by atoms with Crippen LogP contribution in [0.3, 0.4) is 0 Å². The lowest BCUT2D eigenvalue weighted by molar-refractivity contribution is -0.252. The van der Waals surface area contributed by atoms with Gasteiger partial charge in [0.25, 0.3) is 0 Å². The van der Waals surface area contributed by atoms with Crippen LogP contribution in [0.5, 0.6) is 0 Å². The summed E-state index contributed by atoms with van der Waals surface area (Å²) in [6.07, 6.45) is -10.0. The second-order valence-electron chi connectivity index (χ2n) is 15.9. The summed E-state index contributed by atoms with van der Waals surface area (Å²) in [5.41, 5.74) is 4.13. The van der Waals surface area contributed by atoms with Gasteiger partial charge >= 0.3 is 23.9 Å². The minimum absolute atomic E-state index is 0.0715. The SMILES string of the molecule is CC(=O)OC[C@H]1O[C@@H](N=C2O/C(=C(/I)C3O[C@@H](C)[C@@H](OCc4ccccc4)[C@@H](OCc4ccccc4)[C@@H]3OCc3ccccc3)c3ccccc32)[C@H](OC(C)=O)[C@@H](OC(C)=O)[C@H]1OC(C)=O. The Morgan fingerprint density at radius 3 is 1.55 bits per heavy atom. The van der Waals surface area contributed by atoms with E-state index in [1.165, 1.54) is 13.8 Å². The average molecular weight is 1020 g/mol. The van der Waals surface area contributed by atoms with E-state index in [1.807, 2.05) is 122 Å². The van der Waals surface area contributed by atoms with E-state index in [2.05, 4.69) is 22.6 Å². The monoisotopic (exact) mass is 1020 g/mol. The van der Waals surface area contributed by atoms with E-state index in [1.54, 1.807) is 0 Å². The summed E-state index contributed by atoms with van der Waals surface area (Å²) in [6, 6.07) is 36.9. The summed E-state index contributed by atoms with van der Waals surface area (Å²) in [5.74, 6) is -2.42. The van der Waals surface area contributed by atoms with Crippen molar-refractivity contribution in [3.8, 4) is 0 Å². The lowest BCUT2D eigenvalue weighted by Crippen LogP contribution is -2.62. The highest BCUT2D eigenvalue weighted by Gasteiger charge is 2.53. The van der Waals surface area contributed by atoms with Crippen LogP contribution >= 0.6 is 22.6 Å². The van der Waals surface area contributed by atoms with Gasteiger partial charge in [-0.25, -0.2) is 4.99 Å². The van der Waals surface area contributed by atoms with E-state index in [0.717, 1.165) is 30.5 Å². The van der Waals surface area contributed by atoms with Crippen molar-refractivity contribution in [2.75, 3.05) is 6.61 Å². The Morgan fingerprint density at radius 2 is 1.02 bits per heavy atom. The second kappa shape index (κ2) is 22.8. The molecule has 15 nitrogen and oxygen atoms in total. The number of carbonyl (C=O) groups excluding carboxylic acids is 4. The van der Waals surface area contributed by atoms with Crippen molar-refractivity contribution in [2.45, 2.75) is 116 Å². The Morgan fingerprint density at radius 1 is 0.545 bits per heavy atom. The molecule has 2 fully saturated rings. The molecule has 1 unspecified atom stereocenters. The number of carbonyl (C=O) groups is 4. The topological polar surface area (TPSA) is 173 Å². The minimum atomic E-state index is -1.44. The largest absolute Gasteiger partial charge is 0.463 e. The van der Waals surface area contributed by atoms with Gasteiger partial charge in [-0.1, -0.05) is 109 Å². The van der Waals surface area contributed by atoms with Crippen LogP contribution in [0.25, 0.3) is 5.76 Å². The van der Waals surface area contributed by atoms with Gasteiger partial charge in [-0.15, -0.1) is 0 Å². The first-order valence-corrected chi connectivity index (χ1v) is 22.6. The fourth-order valence-electron chi connectivity index (χ4n) is 8.02. The molecule has 0 N–H and O–H groups in total. The zero-order chi connectivity index (χ0) is 46.7. The lowest BCUT2D eigenvalue weighted by atomic mass is 9.93. The molecule has 66 heavy (non-hydrogen) atoms. The smallest absolute Gasteiger partial charge is 0.303 e. The molecule has 3 aliphatic heterocycles. The van der Waals surface area contributed by atoms with Gasteiger partial charge in [0.1, 0.15) is 42.9 Å². The number of hydrogen-bond donors (Lipinski definition) is 0. The number of ether oxygens (including phenoxy) is 10. The van der Waals surface area contributed by atoms with Crippen LogP contribution in [-0.2, 0) is 86.4 Å². The van der Waals surface area contributed by atoms with E-state index in [-0.39, 0.29) is 19.1 Å². The summed E-state index contributed by atoms with van der Waals surface area (Å²) in [6.45, 7) is 7.05. The number of halogens is 1. The maximum absolute atomic E-state index is 12.6. The van der Waals surface area contributed by atoms with Crippen molar-refractivity contribution in [1.82, 2.24) is 0 Å². The van der Waals surface area contributed by atoms with E-state index < -0.39 is 91.6 Å². The Labute approximate surface area is 396 Å². The first kappa shape index (κ1) is 48.4. The molecule has 0 radical (unpaired) electrons. The third-order valence-electron chi connectivity index (χ3n) is 10.9. The lowest BCUT2D eigenvalue weighted by Gasteiger charge is -2.45. The maximum Gasteiger partial charge on any atom is 0.303 e. The summed E-state index contributed by atoms with van der Waals surface area (Å²) in [7, 11) is 0. The Hall–Kier alpha value is -5.50. The number of hydrogen-bond acceptors (Lipinski definition) is 15. The number of aliphatic imine (C=N–C) groups is 1. The zero-order valence-corrected chi connectivity index (χ0v) is 39.3. The van der Waals surface area contributed by atoms with Crippen molar-refractivity contribution >= 4 is 58.1 Å². The van der Waals surface area contributed by atoms with Gasteiger partial charge in [-0.2, -0.15) is 0 Å². The Kier molecular flexibility index (Phi) is 16.7. The van der Waals surface area contributed by atoms with Crippen LogP contribution in [0.2, 0.25) is 0 Å². The van der Waals surface area contributed by atoms with Gasteiger partial charge in [0, 0.05) is 38.8 Å². The van der Waals surface area contributed by atoms with Crippen LogP contribution in [0, 0.1) is 0 Å². The summed E-state index contributed by atoms with van der Waals surface area (Å²) in [5, 5.41) is 0. The molecule has 0 amide bonds. The quantitative estimate of drug-likeness (QED) is 0.0627. The fourth-order valence-corrected chi connectivity index (χ4v) is 8.92. The summed E-state index contributed by atoms with van der Waals surface area (Å²) < 4.78 is 63.2. The highest BCUT2D eigenvalue weighted by molar-refractivity contribution is 14.1. The van der Waals surface area contributed by atoms with Crippen LogP contribution in [0.4, 0.5) is 0 Å². The van der Waals surface area contributed by atoms with Crippen molar-refractivity contribution in [1.29, 1.82) is 0 Å². The molecule has 4 aromatic carbocycles. The number of esters is 4. The normalized spacial score (nSPS) is 27.2. The van der Waals surface area contributed by atoms with E-state index >= 15 is 0 Å². The molecule has 0 aromatic heterocycles. The number of benzene rings is 4. The second-order valence-corrected chi connectivity index (χ2v) is 17.1. The fraction of sp³-hybridized carbons (Fsp3) is 0.380. The molecule has 0 bridgehead atoms. The van der Waals surface area contributed by atoms with Crippen molar-refractivity contribution < 1.29 is 66.5 Å². The van der Waals surface area contributed by atoms with Gasteiger partial charge in [0.15, 0.2) is 24.5 Å². The average Bonchev–Trinajstić information content (AvgIpc) is 3.67. The minimum Gasteiger partial charge on any atom is -0.463 e. The first-order chi connectivity index (χ1) is 31.9. The molecular weight excluding hydrogens is 965 g/mol. The molecule has 3 heterocycles. The standard InChI is InChI=1S/C50H52INO14/c1-29-41(58-25-34-17-9-6-10-18-34)45(59-26-35-19-11-7-12-20-35)46(60-27-36-21-13-8-14-22-36)44(61-29)40(51)42-37-23-15-16-24-38(37)49(66-42)52-50-48(64-33(5)56)47(63-32(4)55)43(62-31(3)54)39(65-50)28-57-30(2)53/h6-24,29,39,41,43-48,50H,25-28H2,1-5H3/b42-40+,52-49?/t29-,39+,41+,43-,44?,45+,46+,47-,48+,50+/m0/s1. The summed E-state index contributed by atoms with van der Waals surface area (Å²) in [4.78, 5) is 54.3. The third-order valence-corrected chi connectivity index (χ3v) is 12.0. The van der Waals surface area contributed by atoms with Crippen molar-refractivity contribution in [3.63, 3.8) is 0 Å². The molecule has 0 spiro atoms. The number of fused-ring (bicyclic) bond motifs is 1. The molecule has 16 heteroatoms. The van der Waals surface area contributed by atoms with Gasteiger partial charge in [-0.3, -0.25) is 19.2 Å². The predicted octanol–water partition coefficient (Wildman–Crippen LogP) is 7.19. The molecule has 2 saturated heterocycles. The van der Waals surface area contributed by atoms with Gasteiger partial charge < -0.3 is 47.4 Å². The molecule has 10 atom stereocenters. The zero-order valence-electron chi connectivity index (χ0n) is 37.1. The number of nitrogens with zero attached hydrogens (tertiary/aromatic N) is 1. The third kappa shape index (κ3) is 12.3. The molecule has 348 valence electrons. The van der Waals surface area contributed by atoms with Crippen molar-refractivity contribution in [3.05, 3.63) is 147 Å². The maximum atomic E-state index is 12.6. The molecule has 4 aromatic rings. The van der Waals surface area contributed by atoms with Crippen LogP contribution < -0.4 is 0 Å². The molecular formula is C50H52INO14. The molecule has 0 aliphatic carbocycles. The van der Waals surface area contributed by atoms with Gasteiger partial charge in [0.2, 0.25) is 5.90 Å². The van der Waals surface area contributed by atoms with Gasteiger partial charge in [-0.05, 0) is 52.3 Å². The Bertz CT molecular complexity index is 2360. The highest BCUT2D eigenvalue weighted by atomic mass is 127. The number of rotatable bonds is 16. The molecule has 3 aliphatic rings.